The molecule has 0 amide bonds. The highest BCUT2D eigenvalue weighted by molar-refractivity contribution is 6.30. The summed E-state index contributed by atoms with van der Waals surface area (Å²) in [6.07, 6.45) is -15.9. The maximum atomic E-state index is 12.8. The summed E-state index contributed by atoms with van der Waals surface area (Å²) in [6.45, 7) is -1.79. The second-order valence-electron chi connectivity index (χ2n) is 6.52. The lowest BCUT2D eigenvalue weighted by Crippen LogP contribution is -2.37. The second kappa shape index (κ2) is 8.55. The van der Waals surface area contributed by atoms with Gasteiger partial charge in [-0.2, -0.15) is 31.4 Å². The van der Waals surface area contributed by atoms with Crippen LogP contribution in [0.15, 0.2) is 29.1 Å². The minimum atomic E-state index is -5.03. The maximum Gasteiger partial charge on any atom is 0.421 e. The molecule has 0 radical (unpaired) electrons. The molecule has 16 heteroatoms. The molecule has 0 saturated heterocycles. The third-order valence-corrected chi connectivity index (χ3v) is 4.41. The molecule has 2 heterocycles. The molecule has 174 valence electrons. The predicted molar refractivity (Wildman–Crippen MR) is 95.5 cm³/mol. The molecule has 9 nitrogen and oxygen atoms in total. The van der Waals surface area contributed by atoms with Crippen LogP contribution in [0, 0.1) is 0 Å². The number of benzene rings is 1. The minimum Gasteiger partial charge on any atom is -0.382 e. The zero-order chi connectivity index (χ0) is 23.8. The van der Waals surface area contributed by atoms with Crippen LogP contribution in [0.1, 0.15) is 17.8 Å². The van der Waals surface area contributed by atoms with Crippen molar-refractivity contribution in [1.29, 1.82) is 0 Å². The minimum absolute atomic E-state index is 0.186. The van der Waals surface area contributed by atoms with Gasteiger partial charge in [0.15, 0.2) is 17.8 Å². The van der Waals surface area contributed by atoms with Gasteiger partial charge in [0.2, 0.25) is 6.10 Å². The largest absolute Gasteiger partial charge is 0.421 e. The molecule has 3 aromatic rings. The molecule has 32 heavy (non-hydrogen) atoms. The molecule has 0 aliphatic carbocycles. The molecule has 0 saturated carbocycles. The first-order valence-corrected chi connectivity index (χ1v) is 8.99. The zero-order valence-corrected chi connectivity index (χ0v) is 16.3. The Kier molecular flexibility index (Phi) is 6.35. The van der Waals surface area contributed by atoms with Gasteiger partial charge in [-0.05, 0) is 24.3 Å². The van der Waals surface area contributed by atoms with E-state index in [0.717, 1.165) is 0 Å². The third kappa shape index (κ3) is 5.11. The van der Waals surface area contributed by atoms with E-state index < -0.39 is 49.2 Å². The van der Waals surface area contributed by atoms with Crippen LogP contribution >= 0.6 is 11.6 Å². The summed E-state index contributed by atoms with van der Waals surface area (Å²) in [5, 5.41) is 28.1. The number of hydrogen-bond donors (Lipinski definition) is 3. The number of alkyl halides is 6. The number of aromatic nitrogens is 6. The van der Waals surface area contributed by atoms with E-state index in [4.69, 9.17) is 11.6 Å². The summed E-state index contributed by atoms with van der Waals surface area (Å²) >= 11 is 5.78. The van der Waals surface area contributed by atoms with Crippen LogP contribution in [0.2, 0.25) is 5.02 Å². The van der Waals surface area contributed by atoms with Gasteiger partial charge < -0.3 is 10.2 Å². The summed E-state index contributed by atoms with van der Waals surface area (Å²) in [5.41, 5.74) is -0.919. The standard InChI is InChI=1S/C16H13ClF6N6O3/c17-8-3-1-7(2-4-8)13-27-29(14(32)28(13)5-9(30)15(18,19)20)6-10-24-12(26-25-10)11(31)16(21,22)23/h1-4,9,11,30-31H,5-6H2,(H,24,25,26)/t9-,11?/m0/s1. The van der Waals surface area contributed by atoms with Gasteiger partial charge in [-0.1, -0.05) is 11.6 Å². The summed E-state index contributed by atoms with van der Waals surface area (Å²) in [5.74, 6) is -1.59. The molecule has 1 aromatic carbocycles. The van der Waals surface area contributed by atoms with Crippen LogP contribution in [0.3, 0.4) is 0 Å². The van der Waals surface area contributed by atoms with Crippen molar-refractivity contribution in [2.75, 3.05) is 0 Å². The summed E-state index contributed by atoms with van der Waals surface area (Å²) < 4.78 is 77.4. The molecule has 1 unspecified atom stereocenters. The molecule has 0 fully saturated rings. The van der Waals surface area contributed by atoms with Gasteiger partial charge in [-0.3, -0.25) is 9.67 Å². The number of aliphatic hydroxyl groups excluding tert-OH is 2. The summed E-state index contributed by atoms with van der Waals surface area (Å²) in [6, 6.07) is 5.53. The van der Waals surface area contributed by atoms with Crippen LogP contribution < -0.4 is 5.69 Å². The number of H-pyrrole nitrogens is 1. The molecule has 0 aliphatic rings. The lowest BCUT2D eigenvalue weighted by atomic mass is 10.2. The molecule has 0 aliphatic heterocycles. The first-order chi connectivity index (χ1) is 14.8. The number of nitrogens with zero attached hydrogens (tertiary/aromatic N) is 5. The molecule has 0 bridgehead atoms. The Hall–Kier alpha value is -2.91. The molecule has 0 spiro atoms. The first kappa shape index (κ1) is 23.7. The van der Waals surface area contributed by atoms with E-state index >= 15 is 0 Å². The van der Waals surface area contributed by atoms with Crippen LogP contribution in [0.5, 0.6) is 0 Å². The number of hydrogen-bond acceptors (Lipinski definition) is 6. The van der Waals surface area contributed by atoms with E-state index in [1.807, 2.05) is 0 Å². The highest BCUT2D eigenvalue weighted by Crippen LogP contribution is 2.30. The van der Waals surface area contributed by atoms with Gasteiger partial charge in [-0.25, -0.2) is 14.5 Å². The van der Waals surface area contributed by atoms with E-state index in [9.17, 15) is 41.4 Å². The monoisotopic (exact) mass is 486 g/mol. The quantitative estimate of drug-likeness (QED) is 0.459. The van der Waals surface area contributed by atoms with Gasteiger partial charge >= 0.3 is 18.0 Å². The number of halogens is 7. The average Bonchev–Trinajstić information content (AvgIpc) is 3.27. The lowest BCUT2D eigenvalue weighted by molar-refractivity contribution is -0.209. The van der Waals surface area contributed by atoms with Gasteiger partial charge in [0.1, 0.15) is 12.4 Å². The molecule has 3 N–H and O–H groups in total. The van der Waals surface area contributed by atoms with Crippen molar-refractivity contribution in [2.45, 2.75) is 37.7 Å². The molecule has 2 aromatic heterocycles. The van der Waals surface area contributed by atoms with Crippen molar-refractivity contribution in [3.05, 3.63) is 51.4 Å². The van der Waals surface area contributed by atoms with Crippen LogP contribution in [-0.4, -0.2) is 58.2 Å². The van der Waals surface area contributed by atoms with E-state index in [2.05, 4.69) is 20.3 Å². The Bertz CT molecular complexity index is 1140. The third-order valence-electron chi connectivity index (χ3n) is 4.16. The van der Waals surface area contributed by atoms with Crippen LogP contribution in [0.25, 0.3) is 11.4 Å². The smallest absolute Gasteiger partial charge is 0.382 e. The molecular weight excluding hydrogens is 474 g/mol. The van der Waals surface area contributed by atoms with Crippen molar-refractivity contribution in [1.82, 2.24) is 29.5 Å². The topological polar surface area (TPSA) is 122 Å². The van der Waals surface area contributed by atoms with Gasteiger partial charge in [-0.15, -0.1) is 5.10 Å². The van der Waals surface area contributed by atoms with Crippen molar-refractivity contribution >= 4 is 11.6 Å². The van der Waals surface area contributed by atoms with Crippen molar-refractivity contribution in [2.24, 2.45) is 0 Å². The Morgan fingerprint density at radius 1 is 1.06 bits per heavy atom. The number of aliphatic hydroxyl groups is 2. The number of rotatable bonds is 6. The maximum absolute atomic E-state index is 12.8. The van der Waals surface area contributed by atoms with Crippen molar-refractivity contribution in [3.8, 4) is 11.4 Å². The Morgan fingerprint density at radius 3 is 2.25 bits per heavy atom. The van der Waals surface area contributed by atoms with E-state index in [-0.39, 0.29) is 17.2 Å². The normalized spacial score (nSPS) is 14.5. The predicted octanol–water partition coefficient (Wildman–Crippen LogP) is 2.05. The number of aromatic amines is 1. The fourth-order valence-electron chi connectivity index (χ4n) is 2.59. The lowest BCUT2D eigenvalue weighted by Gasteiger charge is -2.15. The zero-order valence-electron chi connectivity index (χ0n) is 15.6. The molecular formula is C16H13ClF6N6O3. The van der Waals surface area contributed by atoms with Crippen molar-refractivity contribution in [3.63, 3.8) is 0 Å². The van der Waals surface area contributed by atoms with E-state index in [1.165, 1.54) is 24.3 Å². The van der Waals surface area contributed by atoms with Crippen LogP contribution in [-0.2, 0) is 13.1 Å². The summed E-state index contributed by atoms with van der Waals surface area (Å²) in [4.78, 5) is 16.1. The average molecular weight is 487 g/mol. The SMILES string of the molecule is O=c1n(Cc2nc(C(O)C(F)(F)F)n[nH]2)nc(-c2ccc(Cl)cc2)n1C[C@H](O)C(F)(F)F. The first-order valence-electron chi connectivity index (χ1n) is 8.61. The van der Waals surface area contributed by atoms with E-state index in [1.54, 1.807) is 0 Å². The number of nitrogens with one attached hydrogen (secondary N) is 1. The van der Waals surface area contributed by atoms with Gasteiger partial charge in [0.05, 0.1) is 6.54 Å². The Labute approximate surface area is 178 Å². The Morgan fingerprint density at radius 2 is 1.69 bits per heavy atom. The Balaban J connectivity index is 1.99. The second-order valence-corrected chi connectivity index (χ2v) is 6.96. The van der Waals surface area contributed by atoms with Crippen molar-refractivity contribution < 1.29 is 36.6 Å². The van der Waals surface area contributed by atoms with E-state index in [0.29, 0.717) is 14.3 Å². The van der Waals surface area contributed by atoms with Crippen LogP contribution in [0.4, 0.5) is 26.3 Å². The summed E-state index contributed by atoms with van der Waals surface area (Å²) in [7, 11) is 0. The highest BCUT2D eigenvalue weighted by atomic mass is 35.5. The van der Waals surface area contributed by atoms with Gasteiger partial charge in [0, 0.05) is 10.6 Å². The fraction of sp³-hybridized carbons (Fsp3) is 0.375. The van der Waals surface area contributed by atoms with Gasteiger partial charge in [0.25, 0.3) is 0 Å². The highest BCUT2D eigenvalue weighted by Gasteiger charge is 2.42. The fourth-order valence-corrected chi connectivity index (χ4v) is 2.71. The molecule has 2 atom stereocenters. The molecule has 3 rings (SSSR count).